The Balaban J connectivity index is 1.52. The second-order valence-electron chi connectivity index (χ2n) is 9.65. The Morgan fingerprint density at radius 3 is 2.48 bits per heavy atom. The van der Waals surface area contributed by atoms with Crippen molar-refractivity contribution in [3.63, 3.8) is 0 Å². The maximum Gasteiger partial charge on any atom is 0.339 e. The number of nitrogens with one attached hydrogen (secondary N) is 2. The van der Waals surface area contributed by atoms with Crippen LogP contribution in [0.25, 0.3) is 5.69 Å². The number of benzene rings is 2. The molecule has 0 bridgehead atoms. The van der Waals surface area contributed by atoms with Crippen LogP contribution in [-0.4, -0.2) is 45.1 Å². The van der Waals surface area contributed by atoms with Gasteiger partial charge in [0.15, 0.2) is 5.11 Å². The molecule has 1 aliphatic rings. The highest BCUT2D eigenvalue weighted by molar-refractivity contribution is 7.80. The fourth-order valence-electron chi connectivity index (χ4n) is 5.36. The topological polar surface area (TPSA) is 88.5 Å². The number of esters is 1. The number of nitrogens with zero attached hydrogens (tertiary/aromatic N) is 3. The quantitative estimate of drug-likeness (QED) is 0.227. The number of para-hydroxylation sites is 2. The number of aryl methyl sites for hydroxylation is 1. The molecule has 0 unspecified atom stereocenters. The molecule has 4 aromatic rings. The fourth-order valence-corrected chi connectivity index (χ4v) is 5.69. The van der Waals surface area contributed by atoms with E-state index in [2.05, 4.69) is 31.2 Å². The molecule has 204 valence electrons. The minimum atomic E-state index is -0.397. The van der Waals surface area contributed by atoms with Gasteiger partial charge in [0.25, 0.3) is 0 Å². The van der Waals surface area contributed by atoms with Crippen LogP contribution >= 0.6 is 12.2 Å². The van der Waals surface area contributed by atoms with Crippen LogP contribution in [0.15, 0.2) is 85.1 Å². The van der Waals surface area contributed by atoms with Crippen LogP contribution in [0.1, 0.15) is 51.5 Å². The molecule has 3 heterocycles. The van der Waals surface area contributed by atoms with Crippen molar-refractivity contribution >= 4 is 34.9 Å². The molecular weight excluding hydrogens is 522 g/mol. The second-order valence-corrected chi connectivity index (χ2v) is 10.0. The third kappa shape index (κ3) is 5.33. The number of amides is 1. The van der Waals surface area contributed by atoms with Gasteiger partial charge in [-0.25, -0.2) is 4.79 Å². The molecule has 0 aliphatic carbocycles. The van der Waals surface area contributed by atoms with E-state index in [1.54, 1.807) is 12.3 Å². The summed E-state index contributed by atoms with van der Waals surface area (Å²) in [6, 6.07) is 24.3. The molecule has 1 fully saturated rings. The van der Waals surface area contributed by atoms with Gasteiger partial charge in [0.2, 0.25) is 5.91 Å². The third-order valence-electron chi connectivity index (χ3n) is 7.17. The zero-order valence-corrected chi connectivity index (χ0v) is 23.4. The van der Waals surface area contributed by atoms with Crippen molar-refractivity contribution in [1.29, 1.82) is 0 Å². The summed E-state index contributed by atoms with van der Waals surface area (Å²) in [4.78, 5) is 32.1. The van der Waals surface area contributed by atoms with E-state index in [0.29, 0.717) is 17.2 Å². The van der Waals surface area contributed by atoms with Crippen LogP contribution in [0.5, 0.6) is 0 Å². The SMILES string of the molecule is COC(=O)c1ccccc1-n1c(C)cc([C@H]2[C@H](c3ccccn3)NC(=S)N2CCC(=O)Nc2ccccc2)c1C. The standard InChI is InChI=1S/C31H31N5O3S/c1-20-19-24(21(2)36(20)26-15-8-7-13-23(26)30(38)39-3)29-28(25-14-9-10-17-32-25)34-31(40)35(29)18-16-27(37)33-22-11-5-4-6-12-22/h4-15,17,19,28-29H,16,18H2,1-3H3,(H,33,37)(H,34,40)/t28-,29-/m0/s1. The lowest BCUT2D eigenvalue weighted by Gasteiger charge is -2.28. The number of methoxy groups -OCH3 is 1. The summed E-state index contributed by atoms with van der Waals surface area (Å²) in [6.07, 6.45) is 2.02. The number of pyridine rings is 1. The Hall–Kier alpha value is -4.50. The molecule has 0 spiro atoms. The van der Waals surface area contributed by atoms with Crippen molar-refractivity contribution in [2.45, 2.75) is 32.4 Å². The largest absolute Gasteiger partial charge is 0.465 e. The van der Waals surface area contributed by atoms with Crippen LogP contribution in [0.2, 0.25) is 0 Å². The van der Waals surface area contributed by atoms with Gasteiger partial charge in [-0.15, -0.1) is 0 Å². The summed E-state index contributed by atoms with van der Waals surface area (Å²) in [5.41, 5.74) is 5.79. The van der Waals surface area contributed by atoms with Gasteiger partial charge in [-0.05, 0) is 74.1 Å². The van der Waals surface area contributed by atoms with Gasteiger partial charge < -0.3 is 24.8 Å². The summed E-state index contributed by atoms with van der Waals surface area (Å²) in [6.45, 7) is 4.47. The number of aromatic nitrogens is 2. The summed E-state index contributed by atoms with van der Waals surface area (Å²) < 4.78 is 7.12. The monoisotopic (exact) mass is 553 g/mol. The van der Waals surface area contributed by atoms with E-state index in [0.717, 1.165) is 34.0 Å². The van der Waals surface area contributed by atoms with E-state index in [1.807, 2.05) is 80.6 Å². The number of carbonyl (C=O) groups is 2. The Morgan fingerprint density at radius 2 is 1.75 bits per heavy atom. The van der Waals surface area contributed by atoms with Crippen molar-refractivity contribution in [2.75, 3.05) is 19.0 Å². The van der Waals surface area contributed by atoms with Gasteiger partial charge >= 0.3 is 5.97 Å². The highest BCUT2D eigenvalue weighted by Gasteiger charge is 2.41. The molecule has 2 aromatic heterocycles. The highest BCUT2D eigenvalue weighted by Crippen LogP contribution is 2.41. The molecule has 40 heavy (non-hydrogen) atoms. The van der Waals surface area contributed by atoms with E-state index in [4.69, 9.17) is 17.0 Å². The van der Waals surface area contributed by atoms with Crippen LogP contribution in [-0.2, 0) is 9.53 Å². The van der Waals surface area contributed by atoms with E-state index in [9.17, 15) is 9.59 Å². The van der Waals surface area contributed by atoms with Gasteiger partial charge in [0.1, 0.15) is 0 Å². The number of rotatable bonds is 8. The van der Waals surface area contributed by atoms with Crippen molar-refractivity contribution in [3.05, 3.63) is 113 Å². The Labute approximate surface area is 239 Å². The number of hydrogen-bond donors (Lipinski definition) is 2. The first-order valence-corrected chi connectivity index (χ1v) is 13.5. The van der Waals surface area contributed by atoms with Gasteiger partial charge in [-0.2, -0.15) is 0 Å². The summed E-state index contributed by atoms with van der Waals surface area (Å²) in [5.74, 6) is -0.489. The number of thiocarbonyl (C=S) groups is 1. The summed E-state index contributed by atoms with van der Waals surface area (Å²) in [7, 11) is 1.38. The molecule has 2 aromatic carbocycles. The lowest BCUT2D eigenvalue weighted by Crippen LogP contribution is -2.32. The second kappa shape index (κ2) is 11.7. The molecule has 8 nitrogen and oxygen atoms in total. The van der Waals surface area contributed by atoms with Gasteiger partial charge in [-0.1, -0.05) is 36.4 Å². The molecular formula is C31H31N5O3S. The first-order chi connectivity index (χ1) is 19.4. The average molecular weight is 554 g/mol. The van der Waals surface area contributed by atoms with Crippen molar-refractivity contribution in [2.24, 2.45) is 0 Å². The molecule has 0 saturated carbocycles. The number of ether oxygens (including phenoxy) is 1. The fraction of sp³-hybridized carbons (Fsp3) is 0.226. The Bertz CT molecular complexity index is 1540. The number of carbonyl (C=O) groups excluding carboxylic acids is 2. The molecule has 9 heteroatoms. The summed E-state index contributed by atoms with van der Waals surface area (Å²) >= 11 is 5.81. The predicted octanol–water partition coefficient (Wildman–Crippen LogP) is 5.28. The Kier molecular flexibility index (Phi) is 7.93. The van der Waals surface area contributed by atoms with E-state index in [-0.39, 0.29) is 24.4 Å². The number of hydrogen-bond acceptors (Lipinski definition) is 5. The van der Waals surface area contributed by atoms with Crippen molar-refractivity contribution in [1.82, 2.24) is 19.8 Å². The lowest BCUT2D eigenvalue weighted by molar-refractivity contribution is -0.116. The third-order valence-corrected chi connectivity index (χ3v) is 7.53. The first-order valence-electron chi connectivity index (χ1n) is 13.1. The molecule has 1 aliphatic heterocycles. The summed E-state index contributed by atoms with van der Waals surface area (Å²) in [5, 5.41) is 6.98. The van der Waals surface area contributed by atoms with Crippen LogP contribution in [0, 0.1) is 13.8 Å². The molecule has 2 N–H and O–H groups in total. The molecule has 5 rings (SSSR count). The zero-order chi connectivity index (χ0) is 28.2. The Morgan fingerprint density at radius 1 is 1.02 bits per heavy atom. The maximum atomic E-state index is 12.8. The van der Waals surface area contributed by atoms with Crippen molar-refractivity contribution in [3.8, 4) is 5.69 Å². The normalized spacial score (nSPS) is 16.5. The molecule has 0 radical (unpaired) electrons. The van der Waals surface area contributed by atoms with E-state index >= 15 is 0 Å². The zero-order valence-electron chi connectivity index (χ0n) is 22.6. The molecule has 1 saturated heterocycles. The van der Waals surface area contributed by atoms with Crippen molar-refractivity contribution < 1.29 is 14.3 Å². The van der Waals surface area contributed by atoms with Crippen LogP contribution < -0.4 is 10.6 Å². The van der Waals surface area contributed by atoms with Gasteiger partial charge in [0, 0.05) is 36.2 Å². The smallest absolute Gasteiger partial charge is 0.339 e. The lowest BCUT2D eigenvalue weighted by atomic mass is 9.96. The first kappa shape index (κ1) is 27.1. The van der Waals surface area contributed by atoms with Gasteiger partial charge in [0.05, 0.1) is 36.1 Å². The molecule has 1 amide bonds. The minimum absolute atomic E-state index is 0.0912. The minimum Gasteiger partial charge on any atom is -0.465 e. The maximum absolute atomic E-state index is 12.8. The highest BCUT2D eigenvalue weighted by atomic mass is 32.1. The van der Waals surface area contributed by atoms with E-state index < -0.39 is 5.97 Å². The molecule has 2 atom stereocenters. The van der Waals surface area contributed by atoms with Gasteiger partial charge in [-0.3, -0.25) is 9.78 Å². The van der Waals surface area contributed by atoms with Crippen LogP contribution in [0.3, 0.4) is 0 Å². The predicted molar refractivity (Wildman–Crippen MR) is 158 cm³/mol. The number of anilines is 1. The average Bonchev–Trinajstić information content (AvgIpc) is 3.46. The van der Waals surface area contributed by atoms with E-state index in [1.165, 1.54) is 7.11 Å². The van der Waals surface area contributed by atoms with Crippen LogP contribution in [0.4, 0.5) is 5.69 Å².